The van der Waals surface area contributed by atoms with Crippen molar-refractivity contribution < 1.29 is 9.84 Å². The summed E-state index contributed by atoms with van der Waals surface area (Å²) in [4.78, 5) is 0. The highest BCUT2D eigenvalue weighted by molar-refractivity contribution is 5.58. The SMILES string of the molecule is OC1Nc2ccccc2OC1c1ccccc1. The van der Waals surface area contributed by atoms with Crippen molar-refractivity contribution in [1.29, 1.82) is 0 Å². The average Bonchev–Trinajstić information content (AvgIpc) is 2.39. The Morgan fingerprint density at radius 3 is 2.47 bits per heavy atom. The molecule has 0 radical (unpaired) electrons. The zero-order valence-corrected chi connectivity index (χ0v) is 9.21. The number of rotatable bonds is 1. The molecule has 2 aromatic carbocycles. The maximum Gasteiger partial charge on any atom is 0.168 e. The van der Waals surface area contributed by atoms with Crippen LogP contribution >= 0.6 is 0 Å². The lowest BCUT2D eigenvalue weighted by Gasteiger charge is -2.32. The normalized spacial score (nSPS) is 22.2. The maximum absolute atomic E-state index is 10.0. The van der Waals surface area contributed by atoms with E-state index in [4.69, 9.17) is 4.74 Å². The summed E-state index contributed by atoms with van der Waals surface area (Å²) in [7, 11) is 0. The second-order valence-electron chi connectivity index (χ2n) is 4.03. The molecule has 17 heavy (non-hydrogen) atoms. The van der Waals surface area contributed by atoms with Gasteiger partial charge in [0.1, 0.15) is 5.75 Å². The van der Waals surface area contributed by atoms with Gasteiger partial charge in [-0.3, -0.25) is 0 Å². The van der Waals surface area contributed by atoms with Gasteiger partial charge in [-0.05, 0) is 17.7 Å². The number of fused-ring (bicyclic) bond motifs is 1. The summed E-state index contributed by atoms with van der Waals surface area (Å²) < 4.78 is 5.82. The number of nitrogens with one attached hydrogen (secondary N) is 1. The Kier molecular flexibility index (Phi) is 2.46. The van der Waals surface area contributed by atoms with E-state index in [0.29, 0.717) is 0 Å². The van der Waals surface area contributed by atoms with E-state index in [1.54, 1.807) is 0 Å². The van der Waals surface area contributed by atoms with E-state index >= 15 is 0 Å². The van der Waals surface area contributed by atoms with Crippen molar-refractivity contribution in [2.24, 2.45) is 0 Å². The molecule has 0 saturated heterocycles. The van der Waals surface area contributed by atoms with Crippen LogP contribution in [0.5, 0.6) is 5.75 Å². The summed E-state index contributed by atoms with van der Waals surface area (Å²) >= 11 is 0. The molecule has 0 amide bonds. The minimum atomic E-state index is -0.729. The van der Waals surface area contributed by atoms with Crippen LogP contribution in [0.1, 0.15) is 11.7 Å². The second kappa shape index (κ2) is 4.11. The fourth-order valence-corrected chi connectivity index (χ4v) is 2.02. The van der Waals surface area contributed by atoms with E-state index in [1.165, 1.54) is 0 Å². The number of ether oxygens (including phenoxy) is 1. The molecule has 2 aromatic rings. The van der Waals surface area contributed by atoms with Crippen molar-refractivity contribution in [1.82, 2.24) is 0 Å². The number of para-hydroxylation sites is 2. The summed E-state index contributed by atoms with van der Waals surface area (Å²) in [5.41, 5.74) is 1.79. The molecule has 2 N–H and O–H groups in total. The number of aliphatic hydroxyl groups excluding tert-OH is 1. The van der Waals surface area contributed by atoms with Gasteiger partial charge in [-0.15, -0.1) is 0 Å². The number of hydrogen-bond donors (Lipinski definition) is 2. The first-order valence-corrected chi connectivity index (χ1v) is 5.60. The number of anilines is 1. The molecule has 0 aliphatic carbocycles. The van der Waals surface area contributed by atoms with Crippen LogP contribution in [0.2, 0.25) is 0 Å². The number of benzene rings is 2. The Bertz CT molecular complexity index is 513. The molecule has 0 bridgehead atoms. The average molecular weight is 227 g/mol. The molecule has 0 spiro atoms. The summed E-state index contributed by atoms with van der Waals surface area (Å²) in [6.45, 7) is 0. The number of hydrogen-bond acceptors (Lipinski definition) is 3. The van der Waals surface area contributed by atoms with Crippen molar-refractivity contribution in [3.63, 3.8) is 0 Å². The molecule has 0 fully saturated rings. The molecular formula is C14H13NO2. The molecule has 86 valence electrons. The van der Waals surface area contributed by atoms with Gasteiger partial charge in [0, 0.05) is 0 Å². The highest BCUT2D eigenvalue weighted by Gasteiger charge is 2.28. The second-order valence-corrected chi connectivity index (χ2v) is 4.03. The van der Waals surface area contributed by atoms with E-state index in [9.17, 15) is 5.11 Å². The van der Waals surface area contributed by atoms with Crippen LogP contribution in [0.4, 0.5) is 5.69 Å². The van der Waals surface area contributed by atoms with Crippen molar-refractivity contribution in [2.45, 2.75) is 12.3 Å². The molecule has 2 atom stereocenters. The third-order valence-corrected chi connectivity index (χ3v) is 2.86. The van der Waals surface area contributed by atoms with Crippen LogP contribution in [0.15, 0.2) is 54.6 Å². The molecule has 1 heterocycles. The van der Waals surface area contributed by atoms with E-state index in [-0.39, 0.29) is 6.10 Å². The summed E-state index contributed by atoms with van der Waals surface area (Å²) in [6, 6.07) is 17.3. The van der Waals surface area contributed by atoms with Gasteiger partial charge in [-0.2, -0.15) is 0 Å². The quantitative estimate of drug-likeness (QED) is 0.786. The Balaban J connectivity index is 1.95. The van der Waals surface area contributed by atoms with E-state index in [2.05, 4.69) is 5.32 Å². The van der Waals surface area contributed by atoms with Crippen molar-refractivity contribution in [3.05, 3.63) is 60.2 Å². The Morgan fingerprint density at radius 1 is 0.941 bits per heavy atom. The molecular weight excluding hydrogens is 214 g/mol. The zero-order chi connectivity index (χ0) is 11.7. The zero-order valence-electron chi connectivity index (χ0n) is 9.21. The lowest BCUT2D eigenvalue weighted by molar-refractivity contribution is 0.0445. The molecule has 3 rings (SSSR count). The Hall–Kier alpha value is -2.00. The van der Waals surface area contributed by atoms with Gasteiger partial charge in [0.25, 0.3) is 0 Å². The highest BCUT2D eigenvalue weighted by Crippen LogP contribution is 2.36. The van der Waals surface area contributed by atoms with Gasteiger partial charge in [-0.25, -0.2) is 0 Å². The minimum absolute atomic E-state index is 0.369. The molecule has 0 aromatic heterocycles. The highest BCUT2D eigenvalue weighted by atomic mass is 16.5. The molecule has 1 aliphatic heterocycles. The number of aliphatic hydroxyl groups is 1. The largest absolute Gasteiger partial charge is 0.479 e. The fraction of sp³-hybridized carbons (Fsp3) is 0.143. The standard InChI is InChI=1S/C14H13NO2/c16-14-13(10-6-2-1-3-7-10)17-12-9-5-4-8-11(12)15-14/h1-9,13-16H. The van der Waals surface area contributed by atoms with Crippen molar-refractivity contribution in [2.75, 3.05) is 5.32 Å². The first kappa shape index (κ1) is 10.2. The first-order valence-electron chi connectivity index (χ1n) is 5.60. The lowest BCUT2D eigenvalue weighted by atomic mass is 10.1. The third-order valence-electron chi connectivity index (χ3n) is 2.86. The van der Waals surface area contributed by atoms with E-state index in [1.807, 2.05) is 54.6 Å². The molecule has 2 unspecified atom stereocenters. The molecule has 3 heteroatoms. The lowest BCUT2D eigenvalue weighted by Crippen LogP contribution is -2.34. The first-order chi connectivity index (χ1) is 8.34. The Labute approximate surface area is 99.7 Å². The van der Waals surface area contributed by atoms with Gasteiger partial charge in [0.05, 0.1) is 5.69 Å². The molecule has 0 saturated carbocycles. The van der Waals surface area contributed by atoms with Crippen LogP contribution in [-0.4, -0.2) is 11.3 Å². The third kappa shape index (κ3) is 1.85. The smallest absolute Gasteiger partial charge is 0.168 e. The predicted molar refractivity (Wildman–Crippen MR) is 65.9 cm³/mol. The van der Waals surface area contributed by atoms with Crippen LogP contribution in [-0.2, 0) is 0 Å². The molecule has 3 nitrogen and oxygen atoms in total. The van der Waals surface area contributed by atoms with Gasteiger partial charge in [0.2, 0.25) is 0 Å². The maximum atomic E-state index is 10.0. The minimum Gasteiger partial charge on any atom is -0.479 e. The summed E-state index contributed by atoms with van der Waals surface area (Å²) in [6.07, 6.45) is -1.10. The van der Waals surface area contributed by atoms with Gasteiger partial charge in [-0.1, -0.05) is 42.5 Å². The molecule has 1 aliphatic rings. The van der Waals surface area contributed by atoms with Crippen LogP contribution in [0.3, 0.4) is 0 Å². The fourth-order valence-electron chi connectivity index (χ4n) is 2.02. The van der Waals surface area contributed by atoms with E-state index < -0.39 is 6.23 Å². The van der Waals surface area contributed by atoms with Gasteiger partial charge >= 0.3 is 0 Å². The van der Waals surface area contributed by atoms with Crippen LogP contribution in [0, 0.1) is 0 Å². The Morgan fingerprint density at radius 2 is 1.65 bits per heavy atom. The van der Waals surface area contributed by atoms with Gasteiger partial charge in [0.15, 0.2) is 12.3 Å². The van der Waals surface area contributed by atoms with Crippen molar-refractivity contribution >= 4 is 5.69 Å². The monoisotopic (exact) mass is 227 g/mol. The van der Waals surface area contributed by atoms with Crippen molar-refractivity contribution in [3.8, 4) is 5.75 Å². The van der Waals surface area contributed by atoms with Gasteiger partial charge < -0.3 is 15.2 Å². The summed E-state index contributed by atoms with van der Waals surface area (Å²) in [5.74, 6) is 0.770. The van der Waals surface area contributed by atoms with Crippen LogP contribution in [0.25, 0.3) is 0 Å². The predicted octanol–water partition coefficient (Wildman–Crippen LogP) is 2.55. The van der Waals surface area contributed by atoms with E-state index in [0.717, 1.165) is 17.0 Å². The topological polar surface area (TPSA) is 41.5 Å². The van der Waals surface area contributed by atoms with Crippen LogP contribution < -0.4 is 10.1 Å². The summed E-state index contributed by atoms with van der Waals surface area (Å²) in [5, 5.41) is 13.1.